The number of hydrogen-bond acceptors (Lipinski definition) is 4. The molecular weight excluding hydrogens is 229 g/mol. The van der Waals surface area contributed by atoms with Crippen LogP contribution in [0.5, 0.6) is 0 Å². The fourth-order valence-electron chi connectivity index (χ4n) is 0.667. The molecule has 0 aromatic carbocycles. The second kappa shape index (κ2) is 6.34. The summed E-state index contributed by atoms with van der Waals surface area (Å²) in [5.74, 6) is -3.13. The third-order valence-electron chi connectivity index (χ3n) is 1.81. The van der Waals surface area contributed by atoms with Gasteiger partial charge < -0.3 is 9.47 Å². The quantitative estimate of drug-likeness (QED) is 0.543. The number of carbonyl (C=O) groups is 2. The molecule has 0 heterocycles. The minimum atomic E-state index is -5.01. The van der Waals surface area contributed by atoms with Gasteiger partial charge in [-0.15, -0.1) is 0 Å². The molecule has 0 N–H and O–H groups in total. The molecule has 0 aromatic rings. The van der Waals surface area contributed by atoms with E-state index in [1.54, 1.807) is 13.8 Å². The fourth-order valence-corrected chi connectivity index (χ4v) is 0.667. The molecule has 16 heavy (non-hydrogen) atoms. The van der Waals surface area contributed by atoms with Crippen molar-refractivity contribution < 1.29 is 32.2 Å². The van der Waals surface area contributed by atoms with Crippen molar-refractivity contribution in [1.29, 1.82) is 0 Å². The minimum absolute atomic E-state index is 0.321. The SMILES string of the molecule is CCC(C)C(=O)OCCOC(=O)C(F)(F)F. The Balaban J connectivity index is 3.70. The molecule has 0 aliphatic carbocycles. The van der Waals surface area contributed by atoms with E-state index in [0.717, 1.165) is 0 Å². The lowest BCUT2D eigenvalue weighted by molar-refractivity contribution is -0.201. The van der Waals surface area contributed by atoms with Crippen molar-refractivity contribution in [3.05, 3.63) is 0 Å². The summed E-state index contributed by atoms with van der Waals surface area (Å²) in [6.07, 6.45) is -4.44. The Hall–Kier alpha value is -1.27. The maximum Gasteiger partial charge on any atom is 0.490 e. The van der Waals surface area contributed by atoms with Crippen molar-refractivity contribution in [2.75, 3.05) is 13.2 Å². The Bertz CT molecular complexity index is 250. The summed E-state index contributed by atoms with van der Waals surface area (Å²) >= 11 is 0. The Labute approximate surface area is 90.7 Å². The van der Waals surface area contributed by atoms with E-state index >= 15 is 0 Å². The summed E-state index contributed by atoms with van der Waals surface area (Å²) in [6, 6.07) is 0. The van der Waals surface area contributed by atoms with Crippen LogP contribution in [0.4, 0.5) is 13.2 Å². The van der Waals surface area contributed by atoms with Crippen LogP contribution in [0.2, 0.25) is 0 Å². The molecule has 1 atom stereocenters. The van der Waals surface area contributed by atoms with Gasteiger partial charge in [0.25, 0.3) is 0 Å². The molecule has 0 radical (unpaired) electrons. The van der Waals surface area contributed by atoms with Gasteiger partial charge in [-0.1, -0.05) is 13.8 Å². The molecule has 0 spiro atoms. The van der Waals surface area contributed by atoms with E-state index in [1.165, 1.54) is 0 Å². The van der Waals surface area contributed by atoms with Gasteiger partial charge in [-0.25, -0.2) is 4.79 Å². The smallest absolute Gasteiger partial charge is 0.462 e. The first-order chi connectivity index (χ1) is 7.29. The van der Waals surface area contributed by atoms with Gasteiger partial charge in [0.2, 0.25) is 0 Å². The maximum absolute atomic E-state index is 11.6. The van der Waals surface area contributed by atoms with Gasteiger partial charge in [0.1, 0.15) is 13.2 Å². The van der Waals surface area contributed by atoms with Crippen molar-refractivity contribution in [2.45, 2.75) is 26.4 Å². The summed E-state index contributed by atoms with van der Waals surface area (Å²) in [5.41, 5.74) is 0. The van der Waals surface area contributed by atoms with Gasteiger partial charge >= 0.3 is 18.1 Å². The molecule has 0 bridgehead atoms. The van der Waals surface area contributed by atoms with E-state index in [-0.39, 0.29) is 12.5 Å². The van der Waals surface area contributed by atoms with Crippen LogP contribution in [0.15, 0.2) is 0 Å². The third-order valence-corrected chi connectivity index (χ3v) is 1.81. The summed E-state index contributed by atoms with van der Waals surface area (Å²) in [5, 5.41) is 0. The van der Waals surface area contributed by atoms with E-state index < -0.39 is 24.7 Å². The number of hydrogen-bond donors (Lipinski definition) is 0. The Kier molecular flexibility index (Phi) is 5.84. The van der Waals surface area contributed by atoms with E-state index in [2.05, 4.69) is 9.47 Å². The van der Waals surface area contributed by atoms with Crippen LogP contribution in [-0.2, 0) is 19.1 Å². The summed E-state index contributed by atoms with van der Waals surface area (Å²) in [6.45, 7) is 2.44. The molecule has 0 saturated carbocycles. The van der Waals surface area contributed by atoms with Gasteiger partial charge in [0.05, 0.1) is 5.92 Å². The highest BCUT2D eigenvalue weighted by atomic mass is 19.4. The molecule has 0 saturated heterocycles. The van der Waals surface area contributed by atoms with Crippen LogP contribution < -0.4 is 0 Å². The predicted octanol–water partition coefficient (Wildman–Crippen LogP) is 1.68. The molecule has 0 amide bonds. The van der Waals surface area contributed by atoms with Gasteiger partial charge in [0.15, 0.2) is 0 Å². The van der Waals surface area contributed by atoms with Crippen molar-refractivity contribution in [3.63, 3.8) is 0 Å². The largest absolute Gasteiger partial charge is 0.490 e. The number of ether oxygens (including phenoxy) is 2. The van der Waals surface area contributed by atoms with E-state index in [1.807, 2.05) is 0 Å². The number of rotatable bonds is 5. The molecule has 0 aromatic heterocycles. The maximum atomic E-state index is 11.6. The molecule has 94 valence electrons. The van der Waals surface area contributed by atoms with Crippen LogP contribution in [-0.4, -0.2) is 31.3 Å². The molecule has 7 heteroatoms. The Morgan fingerprint density at radius 2 is 1.69 bits per heavy atom. The van der Waals surface area contributed by atoms with Crippen molar-refractivity contribution >= 4 is 11.9 Å². The third kappa shape index (κ3) is 5.57. The standard InChI is InChI=1S/C9H13F3O4/c1-3-6(2)7(13)15-4-5-16-8(14)9(10,11)12/h6H,3-5H2,1-2H3. The average molecular weight is 242 g/mol. The molecule has 0 rings (SSSR count). The van der Waals surface area contributed by atoms with Gasteiger partial charge in [-0.2, -0.15) is 13.2 Å². The first-order valence-corrected chi connectivity index (χ1v) is 4.69. The molecule has 0 fully saturated rings. The number of carbonyl (C=O) groups excluding carboxylic acids is 2. The zero-order valence-electron chi connectivity index (χ0n) is 8.97. The summed E-state index contributed by atoms with van der Waals surface area (Å²) in [7, 11) is 0. The highest BCUT2D eigenvalue weighted by molar-refractivity contribution is 5.75. The number of halogens is 3. The van der Waals surface area contributed by atoms with E-state index in [4.69, 9.17) is 0 Å². The second-order valence-corrected chi connectivity index (χ2v) is 3.11. The van der Waals surface area contributed by atoms with Gasteiger partial charge in [-0.3, -0.25) is 4.79 Å². The van der Waals surface area contributed by atoms with Crippen molar-refractivity contribution in [1.82, 2.24) is 0 Å². The highest BCUT2D eigenvalue weighted by Gasteiger charge is 2.40. The number of esters is 2. The van der Waals surface area contributed by atoms with Crippen molar-refractivity contribution in [2.24, 2.45) is 5.92 Å². The Morgan fingerprint density at radius 1 is 1.19 bits per heavy atom. The van der Waals surface area contributed by atoms with Crippen LogP contribution in [0.25, 0.3) is 0 Å². The molecule has 4 nitrogen and oxygen atoms in total. The van der Waals surface area contributed by atoms with E-state index in [0.29, 0.717) is 6.42 Å². The first-order valence-electron chi connectivity index (χ1n) is 4.69. The number of alkyl halides is 3. The van der Waals surface area contributed by atoms with Crippen LogP contribution in [0, 0.1) is 5.92 Å². The highest BCUT2D eigenvalue weighted by Crippen LogP contribution is 2.16. The first kappa shape index (κ1) is 14.7. The fraction of sp³-hybridized carbons (Fsp3) is 0.778. The Morgan fingerprint density at radius 3 is 2.12 bits per heavy atom. The van der Waals surface area contributed by atoms with Crippen molar-refractivity contribution in [3.8, 4) is 0 Å². The van der Waals surface area contributed by atoms with Crippen LogP contribution in [0.1, 0.15) is 20.3 Å². The molecular formula is C9H13F3O4. The van der Waals surface area contributed by atoms with Gasteiger partial charge in [0, 0.05) is 0 Å². The zero-order valence-corrected chi connectivity index (χ0v) is 8.97. The molecule has 1 unspecified atom stereocenters. The lowest BCUT2D eigenvalue weighted by Crippen LogP contribution is -2.27. The minimum Gasteiger partial charge on any atom is -0.462 e. The second-order valence-electron chi connectivity index (χ2n) is 3.11. The molecule has 0 aliphatic heterocycles. The van der Waals surface area contributed by atoms with Gasteiger partial charge in [-0.05, 0) is 6.42 Å². The topological polar surface area (TPSA) is 52.6 Å². The van der Waals surface area contributed by atoms with E-state index in [9.17, 15) is 22.8 Å². The summed E-state index contributed by atoms with van der Waals surface area (Å²) < 4.78 is 43.3. The predicted molar refractivity (Wildman–Crippen MR) is 47.4 cm³/mol. The zero-order chi connectivity index (χ0) is 12.8. The monoisotopic (exact) mass is 242 g/mol. The van der Waals surface area contributed by atoms with Crippen LogP contribution in [0.3, 0.4) is 0 Å². The normalized spacial score (nSPS) is 13.1. The average Bonchev–Trinajstić information content (AvgIpc) is 2.20. The molecule has 0 aliphatic rings. The lowest BCUT2D eigenvalue weighted by atomic mass is 10.1. The lowest BCUT2D eigenvalue weighted by Gasteiger charge is -2.10. The summed E-state index contributed by atoms with van der Waals surface area (Å²) in [4.78, 5) is 21.2. The van der Waals surface area contributed by atoms with Crippen LogP contribution >= 0.6 is 0 Å².